The van der Waals surface area contributed by atoms with Gasteiger partial charge in [-0.25, -0.2) is 19.9 Å². The highest BCUT2D eigenvalue weighted by molar-refractivity contribution is 6.22. The molecule has 0 aliphatic heterocycles. The molecule has 266 valence electrons. The predicted molar refractivity (Wildman–Crippen MR) is 228 cm³/mol. The number of oxazole rings is 1. The molecule has 0 unspecified atom stereocenters. The molecule has 12 aromatic rings. The molecule has 7 nitrogen and oxygen atoms in total. The van der Waals surface area contributed by atoms with Gasteiger partial charge in [-0.2, -0.15) is 0 Å². The maximum atomic E-state index is 6.64. The molecule has 8 aromatic carbocycles. The van der Waals surface area contributed by atoms with Crippen molar-refractivity contribution in [2.45, 2.75) is 0 Å². The molecule has 57 heavy (non-hydrogen) atoms. The highest BCUT2D eigenvalue weighted by atomic mass is 16.4. The van der Waals surface area contributed by atoms with Crippen molar-refractivity contribution in [3.63, 3.8) is 0 Å². The Morgan fingerprint density at radius 1 is 0.386 bits per heavy atom. The molecule has 0 saturated heterocycles. The Balaban J connectivity index is 1.03. The van der Waals surface area contributed by atoms with Crippen molar-refractivity contribution in [2.75, 3.05) is 0 Å². The molecule has 0 bridgehead atoms. The van der Waals surface area contributed by atoms with Crippen LogP contribution in [0.5, 0.6) is 0 Å². The lowest BCUT2D eigenvalue weighted by Crippen LogP contribution is -2.01. The first-order valence-corrected chi connectivity index (χ1v) is 18.9. The lowest BCUT2D eigenvalue weighted by Gasteiger charge is -2.12. The summed E-state index contributed by atoms with van der Waals surface area (Å²) < 4.78 is 15.2. The fourth-order valence-corrected chi connectivity index (χ4v) is 8.21. The van der Waals surface area contributed by atoms with Gasteiger partial charge < -0.3 is 13.4 Å². The summed E-state index contributed by atoms with van der Waals surface area (Å²) in [6.07, 6.45) is 0. The van der Waals surface area contributed by atoms with Gasteiger partial charge in [-0.3, -0.25) is 0 Å². The molecule has 4 heterocycles. The number of fused-ring (bicyclic) bond motifs is 10. The van der Waals surface area contributed by atoms with Crippen LogP contribution in [-0.2, 0) is 0 Å². The zero-order valence-corrected chi connectivity index (χ0v) is 30.3. The van der Waals surface area contributed by atoms with E-state index in [4.69, 9.17) is 28.8 Å². The fourth-order valence-electron chi connectivity index (χ4n) is 8.21. The van der Waals surface area contributed by atoms with Gasteiger partial charge in [-0.15, -0.1) is 0 Å². The normalized spacial score (nSPS) is 11.9. The minimum absolute atomic E-state index is 0.572. The molecule has 0 fully saturated rings. The monoisotopic (exact) mass is 731 g/mol. The van der Waals surface area contributed by atoms with E-state index in [2.05, 4.69) is 108 Å². The lowest BCUT2D eigenvalue weighted by molar-refractivity contribution is 0.619. The number of hydrogen-bond acceptors (Lipinski definition) is 6. The number of nitrogens with zero attached hydrogens (tertiary/aromatic N) is 5. The second-order valence-electron chi connectivity index (χ2n) is 14.2. The summed E-state index contributed by atoms with van der Waals surface area (Å²) in [4.78, 5) is 20.3. The third-order valence-electron chi connectivity index (χ3n) is 10.9. The van der Waals surface area contributed by atoms with Crippen molar-refractivity contribution in [3.8, 4) is 51.3 Å². The Kier molecular flexibility index (Phi) is 6.79. The highest BCUT2D eigenvalue weighted by Gasteiger charge is 2.20. The van der Waals surface area contributed by atoms with E-state index < -0.39 is 0 Å². The maximum Gasteiger partial charge on any atom is 0.227 e. The topological polar surface area (TPSA) is 82.8 Å². The van der Waals surface area contributed by atoms with Crippen LogP contribution in [0.2, 0.25) is 0 Å². The van der Waals surface area contributed by atoms with E-state index in [0.717, 1.165) is 77.2 Å². The van der Waals surface area contributed by atoms with Crippen LogP contribution in [0.4, 0.5) is 0 Å². The van der Waals surface area contributed by atoms with Crippen molar-refractivity contribution in [1.82, 2.24) is 24.5 Å². The van der Waals surface area contributed by atoms with Gasteiger partial charge in [0.25, 0.3) is 0 Å². The van der Waals surface area contributed by atoms with Crippen molar-refractivity contribution < 1.29 is 8.83 Å². The second kappa shape index (κ2) is 12.3. The van der Waals surface area contributed by atoms with Gasteiger partial charge in [0.2, 0.25) is 5.89 Å². The maximum absolute atomic E-state index is 6.64. The molecule has 0 spiro atoms. The second-order valence-corrected chi connectivity index (χ2v) is 14.2. The molecule has 7 heteroatoms. The molecule has 0 amide bonds. The van der Waals surface area contributed by atoms with Crippen molar-refractivity contribution in [1.29, 1.82) is 0 Å². The van der Waals surface area contributed by atoms with Crippen LogP contribution >= 0.6 is 0 Å². The van der Waals surface area contributed by atoms with Crippen LogP contribution < -0.4 is 0 Å². The van der Waals surface area contributed by atoms with Crippen LogP contribution in [0.1, 0.15) is 0 Å². The molecule has 0 aliphatic rings. The Labute approximate surface area is 325 Å². The molecule has 4 aromatic heterocycles. The molecule has 0 saturated carbocycles. The van der Waals surface area contributed by atoms with Gasteiger partial charge in [0, 0.05) is 49.5 Å². The molecule has 0 radical (unpaired) electrons. The van der Waals surface area contributed by atoms with E-state index >= 15 is 0 Å². The van der Waals surface area contributed by atoms with E-state index in [1.165, 1.54) is 10.8 Å². The first-order valence-electron chi connectivity index (χ1n) is 18.9. The van der Waals surface area contributed by atoms with Gasteiger partial charge in [-0.1, -0.05) is 115 Å². The van der Waals surface area contributed by atoms with Gasteiger partial charge in [0.1, 0.15) is 16.7 Å². The summed E-state index contributed by atoms with van der Waals surface area (Å²) in [7, 11) is 0. The smallest absolute Gasteiger partial charge is 0.227 e. The van der Waals surface area contributed by atoms with Crippen LogP contribution in [0.25, 0.3) is 117 Å². The van der Waals surface area contributed by atoms with Crippen molar-refractivity contribution in [2.24, 2.45) is 0 Å². The summed E-state index contributed by atoms with van der Waals surface area (Å²) in [5, 5.41) is 6.32. The average molecular weight is 732 g/mol. The minimum atomic E-state index is 0.572. The average Bonchev–Trinajstić information content (AvgIpc) is 3.99. The Bertz CT molecular complexity index is 3480. The molecule has 0 atom stereocenters. The largest absolute Gasteiger partial charge is 0.455 e. The van der Waals surface area contributed by atoms with Crippen LogP contribution in [0.15, 0.2) is 185 Å². The summed E-state index contributed by atoms with van der Waals surface area (Å²) in [6, 6.07) is 60.0. The quantitative estimate of drug-likeness (QED) is 0.175. The Morgan fingerprint density at radius 2 is 0.982 bits per heavy atom. The van der Waals surface area contributed by atoms with Crippen molar-refractivity contribution in [3.05, 3.63) is 176 Å². The summed E-state index contributed by atoms with van der Waals surface area (Å²) in [5.74, 6) is 2.34. The van der Waals surface area contributed by atoms with Crippen molar-refractivity contribution >= 4 is 65.6 Å². The summed E-state index contributed by atoms with van der Waals surface area (Å²) in [5.41, 5.74) is 9.92. The van der Waals surface area contributed by atoms with Gasteiger partial charge in [-0.05, 0) is 66.0 Å². The Hall–Kier alpha value is -7.90. The summed E-state index contributed by atoms with van der Waals surface area (Å²) in [6.45, 7) is 0. The number of para-hydroxylation sites is 2. The van der Waals surface area contributed by atoms with Gasteiger partial charge >= 0.3 is 0 Å². The van der Waals surface area contributed by atoms with E-state index in [0.29, 0.717) is 28.9 Å². The third-order valence-corrected chi connectivity index (χ3v) is 10.9. The van der Waals surface area contributed by atoms with Gasteiger partial charge in [0.15, 0.2) is 23.1 Å². The molecule has 0 N–H and O–H groups in total. The number of aromatic nitrogens is 5. The fraction of sp³-hybridized carbons (Fsp3) is 0. The standard InChI is InChI=1S/C50H29N5O2/c1-3-12-31(13-4-1)47-52-48(33-16-11-17-35(28-33)55-40-20-9-7-18-36(40)37-19-8-10-21-41(37)55)54-49(53-47)34-23-22-30-24-25-38-44-42(56-46(38)39(30)29-34)26-27-43-45(44)51-50(57-43)32-14-5-2-6-15-32/h1-29H. The molecule has 12 rings (SSSR count). The number of rotatable bonds is 5. The van der Waals surface area contributed by atoms with E-state index in [-0.39, 0.29) is 0 Å². The van der Waals surface area contributed by atoms with Crippen LogP contribution in [0.3, 0.4) is 0 Å². The lowest BCUT2D eigenvalue weighted by atomic mass is 10.0. The Morgan fingerprint density at radius 3 is 1.72 bits per heavy atom. The molecular weight excluding hydrogens is 703 g/mol. The van der Waals surface area contributed by atoms with Gasteiger partial charge in [0.05, 0.1) is 16.4 Å². The number of furan rings is 1. The SMILES string of the molecule is c1ccc(-c2nc(-c3cccc(-n4c5ccccc5c5ccccc54)c3)nc(-c3ccc4ccc5c(oc6ccc7oc(-c8ccccc8)nc7c65)c4c3)n2)cc1. The number of hydrogen-bond donors (Lipinski definition) is 0. The summed E-state index contributed by atoms with van der Waals surface area (Å²) >= 11 is 0. The minimum Gasteiger partial charge on any atom is -0.455 e. The van der Waals surface area contributed by atoms with E-state index in [1.54, 1.807) is 0 Å². The van der Waals surface area contributed by atoms with Crippen LogP contribution in [-0.4, -0.2) is 24.5 Å². The van der Waals surface area contributed by atoms with Crippen LogP contribution in [0, 0.1) is 0 Å². The van der Waals surface area contributed by atoms with E-state index in [1.807, 2.05) is 72.8 Å². The first kappa shape index (κ1) is 31.5. The zero-order chi connectivity index (χ0) is 37.5. The molecule has 0 aliphatic carbocycles. The van der Waals surface area contributed by atoms with E-state index in [9.17, 15) is 0 Å². The zero-order valence-electron chi connectivity index (χ0n) is 30.3. The third kappa shape index (κ3) is 4.99. The number of benzene rings is 8. The molecular formula is C50H29N5O2. The highest BCUT2D eigenvalue weighted by Crippen LogP contribution is 2.40. The predicted octanol–water partition coefficient (Wildman–Crippen LogP) is 12.8. The first-order chi connectivity index (χ1) is 28.2.